The van der Waals surface area contributed by atoms with Gasteiger partial charge in [-0.3, -0.25) is 42.4 Å². The van der Waals surface area contributed by atoms with Crippen molar-refractivity contribution >= 4 is 115 Å². The smallest absolute Gasteiger partial charge is 0.303 e. The van der Waals surface area contributed by atoms with Crippen LogP contribution in [0.5, 0.6) is 0 Å². The van der Waals surface area contributed by atoms with Gasteiger partial charge in [-0.05, 0) is 238 Å². The molecule has 4 aromatic heterocycles. The highest BCUT2D eigenvalue weighted by atomic mass is 32.2. The third-order valence-corrected chi connectivity index (χ3v) is 30.3. The number of anilines is 3. The predicted octanol–water partition coefficient (Wildman–Crippen LogP) is 14.5. The Bertz CT molecular complexity index is 6310. The number of nitrogens with zero attached hydrogens (tertiary/aromatic N) is 8. The van der Waals surface area contributed by atoms with Crippen molar-refractivity contribution in [3.8, 4) is 0 Å². The lowest BCUT2D eigenvalue weighted by molar-refractivity contribution is -0.138. The average Bonchev–Trinajstić information content (AvgIpc) is 1.67. The molecule has 0 fully saturated rings. The number of aryl methyl sites for hydroxylation is 7. The zero-order valence-electron chi connectivity index (χ0n) is 78.7. The number of carboxylic acid groups (broad SMARTS) is 2. The number of rotatable bonds is 51. The van der Waals surface area contributed by atoms with E-state index in [4.69, 9.17) is 9.97 Å². The summed E-state index contributed by atoms with van der Waals surface area (Å²) in [5, 5.41) is 39.3. The number of amides is 4. The van der Waals surface area contributed by atoms with Gasteiger partial charge in [0.15, 0.2) is 0 Å². The number of hydrogen-bond donors (Lipinski definition) is 11. The first-order valence-electron chi connectivity index (χ1n) is 46.6. The minimum Gasteiger partial charge on any atom is -0.481 e. The number of carbonyl (C=O) groups is 6. The number of aromatic nitrogens is 6. The van der Waals surface area contributed by atoms with Crippen molar-refractivity contribution < 1.29 is 86.3 Å². The van der Waals surface area contributed by atoms with Crippen LogP contribution in [0.15, 0.2) is 154 Å². The normalized spacial score (nSPS) is 14.9. The lowest BCUT2D eigenvalue weighted by atomic mass is 9.74. The van der Waals surface area contributed by atoms with Crippen LogP contribution >= 0.6 is 0 Å². The van der Waals surface area contributed by atoms with E-state index in [-0.39, 0.29) is 123 Å². The molecule has 0 bridgehead atoms. The van der Waals surface area contributed by atoms with Crippen LogP contribution in [-0.4, -0.2) is 179 Å². The molecule has 0 saturated carbocycles. The highest BCUT2D eigenvalue weighted by molar-refractivity contribution is 7.89. The molecule has 37 heteroatoms. The number of carboxylic acids is 2. The van der Waals surface area contributed by atoms with Crippen molar-refractivity contribution in [3.63, 3.8) is 0 Å². The van der Waals surface area contributed by atoms with E-state index in [0.29, 0.717) is 95.1 Å². The van der Waals surface area contributed by atoms with Gasteiger partial charge >= 0.3 is 11.9 Å². The van der Waals surface area contributed by atoms with Crippen molar-refractivity contribution in [1.82, 2.24) is 55.5 Å². The number of carbonyl (C=O) groups excluding carboxylic acids is 4. The van der Waals surface area contributed by atoms with Gasteiger partial charge < -0.3 is 47.0 Å². The summed E-state index contributed by atoms with van der Waals surface area (Å²) in [6, 6.07) is 16.4. The lowest BCUT2D eigenvalue weighted by Gasteiger charge is -2.30. The molecule has 3 aliphatic heterocycles. The Labute approximate surface area is 797 Å². The molecule has 0 radical (unpaired) electrons. The number of allylic oxidation sites excluding steroid dienone is 7. The van der Waals surface area contributed by atoms with Crippen LogP contribution in [0.4, 0.5) is 17.3 Å². The number of fused-ring (bicyclic) bond motifs is 6. The fourth-order valence-electron chi connectivity index (χ4n) is 18.5. The molecule has 136 heavy (non-hydrogen) atoms. The van der Waals surface area contributed by atoms with E-state index in [1.807, 2.05) is 30.9 Å². The number of unbranched alkanes of at least 4 members (excludes halogenated alkanes) is 7. The van der Waals surface area contributed by atoms with Gasteiger partial charge in [-0.15, -0.1) is 0 Å². The minimum absolute atomic E-state index is 0.000259. The van der Waals surface area contributed by atoms with Gasteiger partial charge in [0.1, 0.15) is 34.2 Å². The molecule has 4 amide bonds. The Morgan fingerprint density at radius 3 is 1.69 bits per heavy atom. The molecule has 11 rings (SSSR count). The van der Waals surface area contributed by atoms with Crippen LogP contribution in [0.1, 0.15) is 254 Å². The molecule has 11 N–H and O–H groups in total. The maximum absolute atomic E-state index is 15.0. The van der Waals surface area contributed by atoms with Crippen molar-refractivity contribution in [2.45, 2.75) is 272 Å². The number of pyridine rings is 2. The van der Waals surface area contributed by atoms with Crippen molar-refractivity contribution in [3.05, 3.63) is 213 Å². The van der Waals surface area contributed by atoms with Gasteiger partial charge in [0.2, 0.25) is 33.7 Å². The molecule has 7 heterocycles. The molecule has 3 aliphatic rings. The molecule has 0 aliphatic carbocycles. The summed E-state index contributed by atoms with van der Waals surface area (Å²) in [4.78, 5) is 107. The SMILES string of the molecule is C=C(/C=C/C=C/C=C1/N(CCCS(=O)(=O)O)c2ccc3c(S(=O)(=O)N(C)CCCC(=O)N[C@@H](CCCCNC(=O)CCC(=O)NCc4cc5c(nc4CCCCCC[C@@H](CC(=O)O)c4cnc(C)nc4)NCCC5)C(=O)NCc4cc5c(nc4CCCCCC[C@@H](CC(=O)O)c4cnc(C)nc4)NCCC5)cccc3c2C1(C)C)C(C)(C)c1c(C)ccc2c(S(=O)(=O)O)cc(S(=O)(=O)O)cc12. The molecule has 3 atom stereocenters. The summed E-state index contributed by atoms with van der Waals surface area (Å²) in [7, 11) is -17.2. The summed E-state index contributed by atoms with van der Waals surface area (Å²) in [5.41, 5.74) is 8.87. The van der Waals surface area contributed by atoms with Gasteiger partial charge in [0, 0.05) is 141 Å². The van der Waals surface area contributed by atoms with E-state index in [0.717, 1.165) is 158 Å². The summed E-state index contributed by atoms with van der Waals surface area (Å²) >= 11 is 0. The Balaban J connectivity index is 0.733. The van der Waals surface area contributed by atoms with Crippen LogP contribution in [0.2, 0.25) is 0 Å². The number of hydrogen-bond acceptors (Lipinski definition) is 23. The highest BCUT2D eigenvalue weighted by Gasteiger charge is 2.42. The Kier molecular flexibility index (Phi) is 36.5. The fourth-order valence-corrected chi connectivity index (χ4v) is 21.7. The van der Waals surface area contributed by atoms with E-state index in [1.165, 1.54) is 23.5 Å². The van der Waals surface area contributed by atoms with Gasteiger partial charge in [-0.25, -0.2) is 42.6 Å². The van der Waals surface area contributed by atoms with Gasteiger partial charge in [-0.2, -0.15) is 25.3 Å². The molecular formula is C99H128N14O19S4. The molecule has 0 unspecified atom stereocenters. The van der Waals surface area contributed by atoms with Crippen molar-refractivity contribution in [2.24, 2.45) is 0 Å². The van der Waals surface area contributed by atoms with E-state index in [1.54, 1.807) is 108 Å². The van der Waals surface area contributed by atoms with E-state index in [2.05, 4.69) is 70.5 Å². The van der Waals surface area contributed by atoms with E-state index >= 15 is 0 Å². The second-order valence-electron chi connectivity index (χ2n) is 36.7. The first-order chi connectivity index (χ1) is 64.5. The monoisotopic (exact) mass is 1940 g/mol. The summed E-state index contributed by atoms with van der Waals surface area (Å²) in [5.74, 6) is -1.50. The van der Waals surface area contributed by atoms with Crippen LogP contribution in [0, 0.1) is 20.8 Å². The van der Waals surface area contributed by atoms with Crippen LogP contribution in [0.25, 0.3) is 21.5 Å². The van der Waals surface area contributed by atoms with Crippen LogP contribution < -0.4 is 36.8 Å². The zero-order chi connectivity index (χ0) is 98.5. The van der Waals surface area contributed by atoms with Crippen LogP contribution in [0.3, 0.4) is 0 Å². The van der Waals surface area contributed by atoms with Crippen molar-refractivity contribution in [1.29, 1.82) is 0 Å². The molecule has 0 spiro atoms. The zero-order valence-corrected chi connectivity index (χ0v) is 82.0. The number of nitrogens with one attached hydrogen (secondary N) is 6. The summed E-state index contributed by atoms with van der Waals surface area (Å²) in [6.45, 7) is 19.2. The third kappa shape index (κ3) is 28.4. The van der Waals surface area contributed by atoms with Crippen molar-refractivity contribution in [2.75, 3.05) is 61.1 Å². The van der Waals surface area contributed by atoms with Gasteiger partial charge in [0.05, 0.1) is 28.4 Å². The second kappa shape index (κ2) is 47.2. The molecular weight excluding hydrogens is 1820 g/mol. The molecule has 33 nitrogen and oxygen atoms in total. The second-order valence-corrected chi connectivity index (χ2v) is 43.1. The van der Waals surface area contributed by atoms with Gasteiger partial charge in [0.25, 0.3) is 30.4 Å². The molecule has 732 valence electrons. The molecule has 0 saturated heterocycles. The third-order valence-electron chi connectivity index (χ3n) is 25.8. The number of sulfonamides is 1. The minimum atomic E-state index is -4.98. The first kappa shape index (κ1) is 105. The quantitative estimate of drug-likeness (QED) is 0.00958. The topological polar surface area (TPSA) is 496 Å². The Morgan fingerprint density at radius 1 is 0.588 bits per heavy atom. The lowest BCUT2D eigenvalue weighted by Crippen LogP contribution is -2.46. The Morgan fingerprint density at radius 2 is 1.13 bits per heavy atom. The number of benzene rings is 4. The largest absolute Gasteiger partial charge is 0.481 e. The average molecular weight is 1950 g/mol. The van der Waals surface area contributed by atoms with Gasteiger partial charge in [-0.1, -0.05) is 127 Å². The fraction of sp³-hybridized carbons (Fsp3) is 0.475. The predicted molar refractivity (Wildman–Crippen MR) is 522 cm³/mol. The van der Waals surface area contributed by atoms with E-state index in [9.17, 15) is 86.3 Å². The highest BCUT2D eigenvalue weighted by Crippen LogP contribution is 2.52. The molecule has 8 aromatic rings. The number of aliphatic carboxylic acids is 2. The Hall–Kier alpha value is -11.3. The van der Waals surface area contributed by atoms with E-state index < -0.39 is 96.5 Å². The summed E-state index contributed by atoms with van der Waals surface area (Å²) < 4.78 is 136. The summed E-state index contributed by atoms with van der Waals surface area (Å²) in [6.07, 6.45) is 28.9. The maximum Gasteiger partial charge on any atom is 0.303 e. The van der Waals surface area contributed by atoms with Crippen LogP contribution in [-0.2, 0) is 119 Å². The first-order valence-corrected chi connectivity index (χ1v) is 52.6. The standard InChI is InChI=1S/C99H128N14O19S4/c1-64-40-41-78-80(56-76(135(127,128)129)57-86(78)136(130,131)132)93(64)98(5,6)65(2)28-15-14-20-38-87-99(7,8)94-79-33-23-37-85(77(79)42-43-84(94)113(87)50-27-51-133(122,123)124)134(125,126)112(9)49-26-39-90(116)109-83(97(121)108-59-73-53-71-32-25-48-102-96(71)111-82(73)35-19-13-11-17-30-69(55-92(119)120)75-62-105-67(4)106-63-75)36-21-22-46-100-88(114)44-45-89(115)107-58-72-52-70-31-24-47-101-95(70)110-81(72)34-18-12-10-16-29-68(54-91(117)118)74-60-103-66(3)104-61-74/h14-15,20,23,28,33,37-38,40-43,52-53,56-57,60-63,68-69,83H,2,10-13,16-19,21-22,24-27,29-32,34-36,39,44-51,54-55,58-59H2,1,3-9H3,(H,100,114)(H,101,110)(H,102,111)(H,107,115)(H,108,121)(H,109,116)(H,117,118)(H,119,120)(H,122,123,124)(H,127,128,129)(H,130,131,132)/b20-14+,28-15+,87-38+/t68-,69-,83-/m0/s1. The maximum atomic E-state index is 15.0. The molecule has 4 aromatic carbocycles.